The lowest BCUT2D eigenvalue weighted by molar-refractivity contribution is -0.136. The highest BCUT2D eigenvalue weighted by atomic mass is 16.4. The molecule has 0 aliphatic rings. The minimum absolute atomic E-state index is 0.0543. The Kier molecular flexibility index (Phi) is 4.23. The van der Waals surface area contributed by atoms with Crippen LogP contribution in [0.2, 0.25) is 0 Å². The normalized spacial score (nSPS) is 10.1. The van der Waals surface area contributed by atoms with E-state index in [-0.39, 0.29) is 6.42 Å². The van der Waals surface area contributed by atoms with E-state index in [4.69, 9.17) is 10.8 Å². The van der Waals surface area contributed by atoms with E-state index in [0.29, 0.717) is 16.9 Å². The van der Waals surface area contributed by atoms with Crippen molar-refractivity contribution in [1.29, 1.82) is 0 Å². The van der Waals surface area contributed by atoms with Crippen LogP contribution >= 0.6 is 0 Å². The van der Waals surface area contributed by atoms with Crippen molar-refractivity contribution < 1.29 is 14.7 Å². The van der Waals surface area contributed by atoms with Crippen molar-refractivity contribution in [2.24, 2.45) is 5.73 Å². The molecule has 0 aliphatic heterocycles. The van der Waals surface area contributed by atoms with Gasteiger partial charge in [0.05, 0.1) is 17.8 Å². The Bertz CT molecular complexity index is 665. The SMILES string of the molecule is Cc1ccccc1N(C(N)=O)c1ccc(CC(=O)O)cc1. The molecule has 0 saturated carbocycles. The Labute approximate surface area is 122 Å². The molecule has 5 heteroatoms. The fraction of sp³-hybridized carbons (Fsp3) is 0.125. The lowest BCUT2D eigenvalue weighted by atomic mass is 10.1. The summed E-state index contributed by atoms with van der Waals surface area (Å²) in [7, 11) is 0. The maximum absolute atomic E-state index is 11.8. The van der Waals surface area contributed by atoms with Crippen LogP contribution in [0.15, 0.2) is 48.5 Å². The lowest BCUT2D eigenvalue weighted by Gasteiger charge is -2.22. The number of rotatable bonds is 4. The van der Waals surface area contributed by atoms with Crippen LogP contribution in [0.1, 0.15) is 11.1 Å². The molecular weight excluding hydrogens is 268 g/mol. The number of carbonyl (C=O) groups is 2. The quantitative estimate of drug-likeness (QED) is 0.905. The van der Waals surface area contributed by atoms with Gasteiger partial charge in [0.2, 0.25) is 0 Å². The predicted molar refractivity (Wildman–Crippen MR) is 80.7 cm³/mol. The summed E-state index contributed by atoms with van der Waals surface area (Å²) in [5.41, 5.74) is 8.38. The van der Waals surface area contributed by atoms with E-state index in [1.165, 1.54) is 4.90 Å². The van der Waals surface area contributed by atoms with Crippen LogP contribution < -0.4 is 10.6 Å². The van der Waals surface area contributed by atoms with Gasteiger partial charge in [-0.25, -0.2) is 4.79 Å². The molecule has 0 bridgehead atoms. The fourth-order valence-electron chi connectivity index (χ4n) is 2.14. The Hall–Kier alpha value is -2.82. The van der Waals surface area contributed by atoms with E-state index in [1.807, 2.05) is 31.2 Å². The third kappa shape index (κ3) is 3.39. The van der Waals surface area contributed by atoms with E-state index in [9.17, 15) is 9.59 Å². The molecule has 2 aromatic carbocycles. The summed E-state index contributed by atoms with van der Waals surface area (Å²) in [6.45, 7) is 1.89. The first-order valence-corrected chi connectivity index (χ1v) is 6.45. The number of hydrogen-bond acceptors (Lipinski definition) is 2. The van der Waals surface area contributed by atoms with Gasteiger partial charge in [-0.15, -0.1) is 0 Å². The molecule has 5 nitrogen and oxygen atoms in total. The number of aliphatic carboxylic acids is 1. The van der Waals surface area contributed by atoms with Gasteiger partial charge in [-0.3, -0.25) is 9.69 Å². The van der Waals surface area contributed by atoms with Crippen LogP contribution in [0.25, 0.3) is 0 Å². The zero-order valence-electron chi connectivity index (χ0n) is 11.6. The molecule has 108 valence electrons. The Morgan fingerprint density at radius 1 is 1.10 bits per heavy atom. The molecule has 0 saturated heterocycles. The molecule has 21 heavy (non-hydrogen) atoms. The number of urea groups is 1. The van der Waals surface area contributed by atoms with Crippen molar-refractivity contribution >= 4 is 23.4 Å². The van der Waals surface area contributed by atoms with Crippen molar-refractivity contribution in [3.8, 4) is 0 Å². The highest BCUT2D eigenvalue weighted by Gasteiger charge is 2.16. The molecular formula is C16H16N2O3. The number of para-hydroxylation sites is 1. The van der Waals surface area contributed by atoms with Crippen molar-refractivity contribution in [2.75, 3.05) is 4.90 Å². The zero-order valence-corrected chi connectivity index (χ0v) is 11.6. The summed E-state index contributed by atoms with van der Waals surface area (Å²) in [6.07, 6.45) is -0.0543. The highest BCUT2D eigenvalue weighted by Crippen LogP contribution is 2.28. The molecule has 0 heterocycles. The van der Waals surface area contributed by atoms with Gasteiger partial charge >= 0.3 is 12.0 Å². The van der Waals surface area contributed by atoms with Gasteiger partial charge in [0.1, 0.15) is 0 Å². The van der Waals surface area contributed by atoms with Gasteiger partial charge in [-0.1, -0.05) is 30.3 Å². The van der Waals surface area contributed by atoms with Crippen LogP contribution in [-0.2, 0) is 11.2 Å². The summed E-state index contributed by atoms with van der Waals surface area (Å²) in [5, 5.41) is 8.76. The minimum atomic E-state index is -0.895. The molecule has 0 atom stereocenters. The van der Waals surface area contributed by atoms with Gasteiger partial charge in [0.25, 0.3) is 0 Å². The first kappa shape index (κ1) is 14.6. The second kappa shape index (κ2) is 6.09. The van der Waals surface area contributed by atoms with Crippen LogP contribution in [0.3, 0.4) is 0 Å². The monoisotopic (exact) mass is 284 g/mol. The van der Waals surface area contributed by atoms with E-state index in [1.54, 1.807) is 24.3 Å². The molecule has 0 unspecified atom stereocenters. The van der Waals surface area contributed by atoms with Crippen LogP contribution in [0.4, 0.5) is 16.2 Å². The number of aryl methyl sites for hydroxylation is 1. The number of carbonyl (C=O) groups excluding carboxylic acids is 1. The standard InChI is InChI=1S/C16H16N2O3/c1-11-4-2-3-5-14(11)18(16(17)21)13-8-6-12(7-9-13)10-15(19)20/h2-9H,10H2,1H3,(H2,17,21)(H,19,20). The molecule has 2 aromatic rings. The number of hydrogen-bond donors (Lipinski definition) is 2. The van der Waals surface area contributed by atoms with Crippen molar-refractivity contribution in [1.82, 2.24) is 0 Å². The number of amides is 2. The topological polar surface area (TPSA) is 83.6 Å². The number of benzene rings is 2. The molecule has 2 rings (SSSR count). The smallest absolute Gasteiger partial charge is 0.323 e. The highest BCUT2D eigenvalue weighted by molar-refractivity contribution is 5.99. The second-order valence-electron chi connectivity index (χ2n) is 4.70. The van der Waals surface area contributed by atoms with E-state index in [2.05, 4.69) is 0 Å². The van der Waals surface area contributed by atoms with Gasteiger partial charge < -0.3 is 10.8 Å². The van der Waals surface area contributed by atoms with Crippen LogP contribution in [-0.4, -0.2) is 17.1 Å². The summed E-state index contributed by atoms with van der Waals surface area (Å²) < 4.78 is 0. The molecule has 0 radical (unpaired) electrons. The number of anilines is 2. The van der Waals surface area contributed by atoms with Crippen LogP contribution in [0.5, 0.6) is 0 Å². The van der Waals surface area contributed by atoms with Crippen molar-refractivity contribution in [2.45, 2.75) is 13.3 Å². The van der Waals surface area contributed by atoms with E-state index >= 15 is 0 Å². The summed E-state index contributed by atoms with van der Waals surface area (Å²) >= 11 is 0. The largest absolute Gasteiger partial charge is 0.481 e. The lowest BCUT2D eigenvalue weighted by Crippen LogP contribution is -2.31. The number of carboxylic acid groups (broad SMARTS) is 1. The first-order valence-electron chi connectivity index (χ1n) is 6.45. The summed E-state index contributed by atoms with van der Waals surface area (Å²) in [5.74, 6) is -0.895. The maximum Gasteiger partial charge on any atom is 0.323 e. The van der Waals surface area contributed by atoms with Crippen molar-refractivity contribution in [3.63, 3.8) is 0 Å². The third-order valence-electron chi connectivity index (χ3n) is 3.13. The third-order valence-corrected chi connectivity index (χ3v) is 3.13. The predicted octanol–water partition coefficient (Wildman–Crippen LogP) is 2.84. The molecule has 0 aliphatic carbocycles. The number of primary amides is 1. The van der Waals surface area contributed by atoms with E-state index < -0.39 is 12.0 Å². The Morgan fingerprint density at radius 2 is 1.71 bits per heavy atom. The second-order valence-corrected chi connectivity index (χ2v) is 4.70. The molecule has 0 aromatic heterocycles. The fourth-order valence-corrected chi connectivity index (χ4v) is 2.14. The molecule has 2 amide bonds. The maximum atomic E-state index is 11.8. The van der Waals surface area contributed by atoms with Gasteiger partial charge in [0.15, 0.2) is 0 Å². The van der Waals surface area contributed by atoms with E-state index in [0.717, 1.165) is 5.56 Å². The average Bonchev–Trinajstić information content (AvgIpc) is 2.42. The Balaban J connectivity index is 2.38. The minimum Gasteiger partial charge on any atom is -0.481 e. The Morgan fingerprint density at radius 3 is 2.24 bits per heavy atom. The summed E-state index contributed by atoms with van der Waals surface area (Å²) in [6, 6.07) is 13.6. The first-order chi connectivity index (χ1) is 9.99. The average molecular weight is 284 g/mol. The zero-order chi connectivity index (χ0) is 15.4. The van der Waals surface area contributed by atoms with Crippen molar-refractivity contribution in [3.05, 3.63) is 59.7 Å². The number of nitrogens with zero attached hydrogens (tertiary/aromatic N) is 1. The summed E-state index contributed by atoms with van der Waals surface area (Å²) in [4.78, 5) is 23.8. The van der Waals surface area contributed by atoms with Crippen LogP contribution in [0, 0.1) is 6.92 Å². The molecule has 3 N–H and O–H groups in total. The molecule has 0 spiro atoms. The molecule has 0 fully saturated rings. The number of nitrogens with two attached hydrogens (primary N) is 1. The number of carboxylic acids is 1. The van der Waals surface area contributed by atoms with Gasteiger partial charge in [0, 0.05) is 0 Å². The van der Waals surface area contributed by atoms with Gasteiger partial charge in [-0.05, 0) is 36.2 Å². The van der Waals surface area contributed by atoms with Gasteiger partial charge in [-0.2, -0.15) is 0 Å².